The van der Waals surface area contributed by atoms with Gasteiger partial charge >= 0.3 is 0 Å². The molecule has 0 unspecified atom stereocenters. The normalized spacial score (nSPS) is 19.8. The summed E-state index contributed by atoms with van der Waals surface area (Å²) < 4.78 is 1.25. The number of piperazine rings is 1. The van der Waals surface area contributed by atoms with Gasteiger partial charge in [0.05, 0.1) is 16.8 Å². The molecule has 0 radical (unpaired) electrons. The van der Waals surface area contributed by atoms with Crippen molar-refractivity contribution in [1.82, 2.24) is 14.8 Å². The van der Waals surface area contributed by atoms with E-state index in [9.17, 15) is 4.79 Å². The first kappa shape index (κ1) is 15.8. The zero-order valence-corrected chi connectivity index (χ0v) is 14.8. The minimum Gasteiger partial charge on any atom is -0.345 e. The zero-order valence-electron chi connectivity index (χ0n) is 14.0. The molecule has 1 aromatic carbocycles. The van der Waals surface area contributed by atoms with Crippen LogP contribution in [0.25, 0.3) is 10.2 Å². The Morgan fingerprint density at radius 2 is 1.75 bits per heavy atom. The second-order valence-electron chi connectivity index (χ2n) is 6.67. The van der Waals surface area contributed by atoms with Crippen molar-refractivity contribution in [3.8, 4) is 0 Å². The summed E-state index contributed by atoms with van der Waals surface area (Å²) in [5.74, 6) is 0.308. The Morgan fingerprint density at radius 1 is 1.00 bits per heavy atom. The first-order valence-electron chi connectivity index (χ1n) is 8.90. The molecule has 2 aromatic rings. The molecule has 0 aliphatic carbocycles. The molecule has 24 heavy (non-hydrogen) atoms. The van der Waals surface area contributed by atoms with Crippen LogP contribution in [0.15, 0.2) is 24.3 Å². The van der Waals surface area contributed by atoms with E-state index in [4.69, 9.17) is 4.98 Å². The number of piperidine rings is 1. The average Bonchev–Trinajstić information content (AvgIpc) is 3.07. The van der Waals surface area contributed by atoms with Gasteiger partial charge in [-0.25, -0.2) is 4.98 Å². The molecule has 2 saturated heterocycles. The SMILES string of the molecule is O=C(CN1CCN(c2nc3ccccc3s2)CC1)N1CCCCC1. The molecule has 2 aliphatic heterocycles. The molecule has 0 saturated carbocycles. The molecular formula is C18H24N4OS. The highest BCUT2D eigenvalue weighted by Gasteiger charge is 2.24. The third-order valence-corrected chi connectivity index (χ3v) is 6.09. The third kappa shape index (κ3) is 3.39. The van der Waals surface area contributed by atoms with Crippen LogP contribution in [0.5, 0.6) is 0 Å². The van der Waals surface area contributed by atoms with E-state index in [2.05, 4.69) is 28.0 Å². The molecule has 2 aliphatic rings. The maximum absolute atomic E-state index is 12.4. The van der Waals surface area contributed by atoms with Crippen molar-refractivity contribution < 1.29 is 4.79 Å². The van der Waals surface area contributed by atoms with Crippen LogP contribution in [0, 0.1) is 0 Å². The summed E-state index contributed by atoms with van der Waals surface area (Å²) in [5.41, 5.74) is 1.08. The third-order valence-electron chi connectivity index (χ3n) is 4.99. The fourth-order valence-corrected chi connectivity index (χ4v) is 4.54. The van der Waals surface area contributed by atoms with Crippen LogP contribution in [0.3, 0.4) is 0 Å². The minimum atomic E-state index is 0.308. The Morgan fingerprint density at radius 3 is 2.50 bits per heavy atom. The topological polar surface area (TPSA) is 39.7 Å². The van der Waals surface area contributed by atoms with E-state index in [1.807, 2.05) is 11.0 Å². The Bertz CT molecular complexity index is 669. The highest BCUT2D eigenvalue weighted by atomic mass is 32.1. The number of fused-ring (bicyclic) bond motifs is 1. The first-order valence-corrected chi connectivity index (χ1v) is 9.72. The molecule has 0 atom stereocenters. The second-order valence-corrected chi connectivity index (χ2v) is 7.68. The van der Waals surface area contributed by atoms with Crippen molar-refractivity contribution >= 4 is 32.6 Å². The number of aromatic nitrogens is 1. The van der Waals surface area contributed by atoms with Crippen molar-refractivity contribution in [3.63, 3.8) is 0 Å². The van der Waals surface area contributed by atoms with Gasteiger partial charge in [0.1, 0.15) is 0 Å². The van der Waals surface area contributed by atoms with Gasteiger partial charge in [0, 0.05) is 39.3 Å². The molecule has 2 fully saturated rings. The van der Waals surface area contributed by atoms with Crippen molar-refractivity contribution in [2.24, 2.45) is 0 Å². The number of amides is 1. The number of anilines is 1. The number of nitrogens with zero attached hydrogens (tertiary/aromatic N) is 4. The van der Waals surface area contributed by atoms with Gasteiger partial charge in [-0.1, -0.05) is 23.5 Å². The van der Waals surface area contributed by atoms with Gasteiger partial charge in [-0.2, -0.15) is 0 Å². The Hall–Kier alpha value is -1.66. The van der Waals surface area contributed by atoms with Gasteiger partial charge < -0.3 is 9.80 Å². The molecule has 3 heterocycles. The lowest BCUT2D eigenvalue weighted by Crippen LogP contribution is -2.50. The van der Waals surface area contributed by atoms with Crippen molar-refractivity contribution in [1.29, 1.82) is 0 Å². The Labute approximate surface area is 146 Å². The van der Waals surface area contributed by atoms with E-state index in [-0.39, 0.29) is 0 Å². The summed E-state index contributed by atoms with van der Waals surface area (Å²) in [5, 5.41) is 1.11. The molecule has 5 nitrogen and oxygen atoms in total. The van der Waals surface area contributed by atoms with Gasteiger partial charge in [-0.15, -0.1) is 0 Å². The van der Waals surface area contributed by atoms with Crippen LogP contribution in [0.4, 0.5) is 5.13 Å². The molecule has 1 aromatic heterocycles. The number of carbonyl (C=O) groups is 1. The van der Waals surface area contributed by atoms with Crippen molar-refractivity contribution in [2.75, 3.05) is 50.7 Å². The number of benzene rings is 1. The van der Waals surface area contributed by atoms with Gasteiger partial charge in [-0.3, -0.25) is 9.69 Å². The quantitative estimate of drug-likeness (QED) is 0.857. The summed E-state index contributed by atoms with van der Waals surface area (Å²) in [6.45, 7) is 6.26. The minimum absolute atomic E-state index is 0.308. The van der Waals surface area contributed by atoms with E-state index in [0.717, 1.165) is 62.8 Å². The van der Waals surface area contributed by atoms with Gasteiger partial charge in [0.15, 0.2) is 5.13 Å². The van der Waals surface area contributed by atoms with E-state index < -0.39 is 0 Å². The lowest BCUT2D eigenvalue weighted by Gasteiger charge is -2.35. The zero-order chi connectivity index (χ0) is 16.4. The smallest absolute Gasteiger partial charge is 0.236 e. The molecule has 0 N–H and O–H groups in total. The molecule has 0 spiro atoms. The highest BCUT2D eigenvalue weighted by Crippen LogP contribution is 2.29. The molecule has 128 valence electrons. The lowest BCUT2D eigenvalue weighted by atomic mass is 10.1. The maximum atomic E-state index is 12.4. The average molecular weight is 344 g/mol. The standard InChI is InChI=1S/C18H24N4OS/c23-17(21-8-4-1-5-9-21)14-20-10-12-22(13-11-20)18-19-15-6-2-3-7-16(15)24-18/h2-3,6-7H,1,4-5,8-14H2. The second kappa shape index (κ2) is 7.07. The lowest BCUT2D eigenvalue weighted by molar-refractivity contribution is -0.133. The fraction of sp³-hybridized carbons (Fsp3) is 0.556. The summed E-state index contributed by atoms with van der Waals surface area (Å²) in [6, 6.07) is 8.30. The molecule has 6 heteroatoms. The number of rotatable bonds is 3. The van der Waals surface area contributed by atoms with E-state index in [1.165, 1.54) is 11.1 Å². The fourth-order valence-electron chi connectivity index (χ4n) is 3.53. The molecular weight excluding hydrogens is 320 g/mol. The number of hydrogen-bond donors (Lipinski definition) is 0. The monoisotopic (exact) mass is 344 g/mol. The van der Waals surface area contributed by atoms with Crippen molar-refractivity contribution in [3.05, 3.63) is 24.3 Å². The summed E-state index contributed by atoms with van der Waals surface area (Å²) in [7, 11) is 0. The van der Waals surface area contributed by atoms with Crippen LogP contribution in [0.1, 0.15) is 19.3 Å². The van der Waals surface area contributed by atoms with Crippen LogP contribution < -0.4 is 4.90 Å². The number of para-hydroxylation sites is 1. The largest absolute Gasteiger partial charge is 0.345 e. The first-order chi connectivity index (χ1) is 11.8. The van der Waals surface area contributed by atoms with E-state index in [1.54, 1.807) is 11.3 Å². The molecule has 0 bridgehead atoms. The van der Waals surface area contributed by atoms with Gasteiger partial charge in [0.2, 0.25) is 5.91 Å². The highest BCUT2D eigenvalue weighted by molar-refractivity contribution is 7.22. The van der Waals surface area contributed by atoms with Crippen LogP contribution in [-0.2, 0) is 4.79 Å². The maximum Gasteiger partial charge on any atom is 0.236 e. The molecule has 4 rings (SSSR count). The Balaban J connectivity index is 1.32. The summed E-state index contributed by atoms with van der Waals surface area (Å²) >= 11 is 1.76. The van der Waals surface area contributed by atoms with Crippen LogP contribution in [-0.4, -0.2) is 66.5 Å². The van der Waals surface area contributed by atoms with E-state index in [0.29, 0.717) is 12.5 Å². The number of thiazole rings is 1. The summed E-state index contributed by atoms with van der Waals surface area (Å²) in [6.07, 6.45) is 3.60. The number of likely N-dealkylation sites (tertiary alicyclic amines) is 1. The van der Waals surface area contributed by atoms with Crippen LogP contribution in [0.2, 0.25) is 0 Å². The Kier molecular flexibility index (Phi) is 4.67. The van der Waals surface area contributed by atoms with Gasteiger partial charge in [-0.05, 0) is 31.4 Å². The van der Waals surface area contributed by atoms with Crippen LogP contribution >= 0.6 is 11.3 Å². The predicted molar refractivity (Wildman–Crippen MR) is 98.7 cm³/mol. The number of carbonyl (C=O) groups excluding carboxylic acids is 1. The summed E-state index contributed by atoms with van der Waals surface area (Å²) in [4.78, 5) is 23.8. The van der Waals surface area contributed by atoms with Gasteiger partial charge in [0.25, 0.3) is 0 Å². The van der Waals surface area contributed by atoms with Crippen molar-refractivity contribution in [2.45, 2.75) is 19.3 Å². The number of hydrogen-bond acceptors (Lipinski definition) is 5. The molecule has 1 amide bonds. The van der Waals surface area contributed by atoms with E-state index >= 15 is 0 Å². The predicted octanol–water partition coefficient (Wildman–Crippen LogP) is 2.43.